The average Bonchev–Trinajstić information content (AvgIpc) is 2.22. The summed E-state index contributed by atoms with van der Waals surface area (Å²) in [6.07, 6.45) is -0.457. The number of carboxylic acids is 1. The van der Waals surface area contributed by atoms with Gasteiger partial charge in [-0.2, -0.15) is 5.26 Å². The summed E-state index contributed by atoms with van der Waals surface area (Å²) in [7, 11) is 0. The predicted octanol–water partition coefficient (Wildman–Crippen LogP) is 1.66. The average molecular weight is 221 g/mol. The van der Waals surface area contributed by atoms with Gasteiger partial charge in [-0.25, -0.2) is 8.78 Å². The number of hydrogen-bond donors (Lipinski definition) is 1. The van der Waals surface area contributed by atoms with Crippen molar-refractivity contribution in [3.63, 3.8) is 0 Å². The highest BCUT2D eigenvalue weighted by Gasteiger charge is 2.07. The molecular weight excluding hydrogens is 216 g/mol. The van der Waals surface area contributed by atoms with Crippen LogP contribution in [0.25, 0.3) is 0 Å². The van der Waals surface area contributed by atoms with Gasteiger partial charge in [0, 0.05) is 0 Å². The van der Waals surface area contributed by atoms with Crippen molar-refractivity contribution < 1.29 is 18.7 Å². The Kier molecular flexibility index (Phi) is 3.58. The number of nitriles is 1. The number of benzene rings is 1. The fraction of sp³-hybridized carbons (Fsp3) is 0.0909. The Bertz CT molecular complexity index is 535. The minimum atomic E-state index is -1.15. The fourth-order valence-corrected chi connectivity index (χ4v) is 0.943. The summed E-state index contributed by atoms with van der Waals surface area (Å²) in [4.78, 5) is 10.1. The highest BCUT2D eigenvalue weighted by Crippen LogP contribution is 2.13. The Hall–Kier alpha value is -2.40. The highest BCUT2D eigenvalue weighted by molar-refractivity contribution is 5.70. The van der Waals surface area contributed by atoms with Crippen LogP contribution in [-0.2, 0) is 4.79 Å². The van der Waals surface area contributed by atoms with Gasteiger partial charge in [0.2, 0.25) is 0 Å². The van der Waals surface area contributed by atoms with E-state index < -0.39 is 29.6 Å². The number of aliphatic carboxylic acids is 1. The van der Waals surface area contributed by atoms with E-state index in [0.717, 1.165) is 12.1 Å². The zero-order chi connectivity index (χ0) is 12.1. The third-order valence-corrected chi connectivity index (χ3v) is 1.64. The summed E-state index contributed by atoms with van der Waals surface area (Å²) in [6.45, 7) is 0. The molecule has 0 amide bonds. The highest BCUT2D eigenvalue weighted by atomic mass is 19.1. The van der Waals surface area contributed by atoms with Crippen LogP contribution in [0, 0.1) is 34.8 Å². The molecule has 1 rings (SSSR count). The molecule has 0 heterocycles. The van der Waals surface area contributed by atoms with E-state index in [1.54, 1.807) is 0 Å². The molecule has 1 aromatic carbocycles. The van der Waals surface area contributed by atoms with E-state index in [1.165, 1.54) is 6.07 Å². The molecule has 5 heteroatoms. The van der Waals surface area contributed by atoms with Gasteiger partial charge in [0.05, 0.1) is 11.1 Å². The lowest BCUT2D eigenvalue weighted by Crippen LogP contribution is -1.93. The van der Waals surface area contributed by atoms with Crippen molar-refractivity contribution in [2.24, 2.45) is 0 Å². The topological polar surface area (TPSA) is 61.1 Å². The minimum Gasteiger partial charge on any atom is -0.481 e. The van der Waals surface area contributed by atoms with Crippen LogP contribution in [0.2, 0.25) is 0 Å². The number of carboxylic acid groups (broad SMARTS) is 1. The van der Waals surface area contributed by atoms with Crippen LogP contribution in [-0.4, -0.2) is 11.1 Å². The number of carbonyl (C=O) groups is 1. The number of nitrogens with zero attached hydrogens (tertiary/aromatic N) is 1. The standard InChI is InChI=1S/C11H5F2NO2/c12-9-5-8(6-14)10(13)4-7(9)2-1-3-11(15)16/h4-5H,3H2,(H,15,16). The molecule has 0 unspecified atom stereocenters. The Morgan fingerprint density at radius 1 is 1.31 bits per heavy atom. The lowest BCUT2D eigenvalue weighted by atomic mass is 10.1. The van der Waals surface area contributed by atoms with Gasteiger partial charge in [-0.05, 0) is 12.1 Å². The summed E-state index contributed by atoms with van der Waals surface area (Å²) in [5.41, 5.74) is -0.681. The van der Waals surface area contributed by atoms with Gasteiger partial charge in [-0.1, -0.05) is 11.8 Å². The van der Waals surface area contributed by atoms with E-state index in [0.29, 0.717) is 0 Å². The monoisotopic (exact) mass is 221 g/mol. The molecule has 16 heavy (non-hydrogen) atoms. The van der Waals surface area contributed by atoms with E-state index in [-0.39, 0.29) is 5.56 Å². The predicted molar refractivity (Wildman–Crippen MR) is 50.2 cm³/mol. The summed E-state index contributed by atoms with van der Waals surface area (Å²) in [5, 5.41) is 16.7. The minimum absolute atomic E-state index is 0.266. The molecule has 0 spiro atoms. The van der Waals surface area contributed by atoms with Crippen LogP contribution in [0.3, 0.4) is 0 Å². The zero-order valence-corrected chi connectivity index (χ0v) is 7.92. The Morgan fingerprint density at radius 2 is 1.88 bits per heavy atom. The second-order valence-electron chi connectivity index (χ2n) is 2.80. The van der Waals surface area contributed by atoms with Crippen LogP contribution >= 0.6 is 0 Å². The van der Waals surface area contributed by atoms with Gasteiger partial charge in [0.25, 0.3) is 0 Å². The maximum absolute atomic E-state index is 13.2. The fourth-order valence-electron chi connectivity index (χ4n) is 0.943. The SMILES string of the molecule is N#Cc1cc(F)c(C#CCC(=O)O)cc1F. The summed E-state index contributed by atoms with van der Waals surface area (Å²) in [6, 6.07) is 2.97. The van der Waals surface area contributed by atoms with Gasteiger partial charge in [-0.15, -0.1) is 0 Å². The molecule has 0 bridgehead atoms. The molecule has 0 atom stereocenters. The molecule has 0 radical (unpaired) electrons. The molecule has 1 N–H and O–H groups in total. The maximum atomic E-state index is 13.2. The first kappa shape index (κ1) is 11.7. The second-order valence-corrected chi connectivity index (χ2v) is 2.80. The third-order valence-electron chi connectivity index (χ3n) is 1.64. The van der Waals surface area contributed by atoms with Gasteiger partial charge in [0.1, 0.15) is 24.1 Å². The molecule has 0 aromatic heterocycles. The molecule has 0 saturated carbocycles. The van der Waals surface area contributed by atoms with Crippen LogP contribution in [0.1, 0.15) is 17.5 Å². The van der Waals surface area contributed by atoms with Crippen LogP contribution in [0.4, 0.5) is 8.78 Å². The summed E-state index contributed by atoms with van der Waals surface area (Å²) < 4.78 is 26.2. The molecule has 1 aromatic rings. The van der Waals surface area contributed by atoms with Crippen molar-refractivity contribution in [1.29, 1.82) is 5.26 Å². The number of halogens is 2. The molecule has 0 aliphatic heterocycles. The zero-order valence-electron chi connectivity index (χ0n) is 7.92. The lowest BCUT2D eigenvalue weighted by molar-refractivity contribution is -0.135. The van der Waals surface area contributed by atoms with Crippen molar-refractivity contribution in [3.05, 3.63) is 34.9 Å². The largest absolute Gasteiger partial charge is 0.481 e. The van der Waals surface area contributed by atoms with Crippen molar-refractivity contribution in [3.8, 4) is 17.9 Å². The Morgan fingerprint density at radius 3 is 2.44 bits per heavy atom. The van der Waals surface area contributed by atoms with Crippen molar-refractivity contribution in [1.82, 2.24) is 0 Å². The van der Waals surface area contributed by atoms with Crippen molar-refractivity contribution >= 4 is 5.97 Å². The molecule has 0 aliphatic rings. The van der Waals surface area contributed by atoms with E-state index >= 15 is 0 Å². The Labute approximate surface area is 89.9 Å². The first-order valence-electron chi connectivity index (χ1n) is 4.14. The molecule has 0 aliphatic carbocycles. The van der Waals surface area contributed by atoms with E-state index in [9.17, 15) is 13.6 Å². The van der Waals surface area contributed by atoms with Crippen molar-refractivity contribution in [2.45, 2.75) is 6.42 Å². The first-order valence-corrected chi connectivity index (χ1v) is 4.14. The number of rotatable bonds is 1. The van der Waals surface area contributed by atoms with Gasteiger partial charge in [0.15, 0.2) is 0 Å². The maximum Gasteiger partial charge on any atom is 0.315 e. The molecule has 0 fully saturated rings. The quantitative estimate of drug-likeness (QED) is 0.733. The van der Waals surface area contributed by atoms with E-state index in [4.69, 9.17) is 10.4 Å². The summed E-state index contributed by atoms with van der Waals surface area (Å²) >= 11 is 0. The molecule has 80 valence electrons. The second kappa shape index (κ2) is 4.90. The van der Waals surface area contributed by atoms with Gasteiger partial charge >= 0.3 is 5.97 Å². The molecular formula is C11H5F2NO2. The lowest BCUT2D eigenvalue weighted by Gasteiger charge is -1.96. The Balaban J connectivity index is 3.06. The van der Waals surface area contributed by atoms with E-state index in [2.05, 4.69) is 11.8 Å². The number of hydrogen-bond acceptors (Lipinski definition) is 2. The summed E-state index contributed by atoms with van der Waals surface area (Å²) in [5.74, 6) is 1.46. The smallest absolute Gasteiger partial charge is 0.315 e. The van der Waals surface area contributed by atoms with Crippen molar-refractivity contribution in [2.75, 3.05) is 0 Å². The molecule has 3 nitrogen and oxygen atoms in total. The first-order chi connectivity index (χ1) is 7.54. The van der Waals surface area contributed by atoms with Crippen LogP contribution in [0.5, 0.6) is 0 Å². The third kappa shape index (κ3) is 2.79. The normalized spacial score (nSPS) is 8.81. The van der Waals surface area contributed by atoms with Gasteiger partial charge in [-0.3, -0.25) is 4.79 Å². The van der Waals surface area contributed by atoms with Gasteiger partial charge < -0.3 is 5.11 Å². The van der Waals surface area contributed by atoms with Crippen LogP contribution in [0.15, 0.2) is 12.1 Å². The van der Waals surface area contributed by atoms with E-state index in [1.807, 2.05) is 0 Å². The molecule has 0 saturated heterocycles. The van der Waals surface area contributed by atoms with Crippen LogP contribution < -0.4 is 0 Å².